The summed E-state index contributed by atoms with van der Waals surface area (Å²) in [5.74, 6) is 0.630. The highest BCUT2D eigenvalue weighted by Crippen LogP contribution is 2.24. The van der Waals surface area contributed by atoms with Crippen molar-refractivity contribution in [2.45, 2.75) is 65.0 Å². The van der Waals surface area contributed by atoms with Crippen LogP contribution in [-0.4, -0.2) is 46.2 Å². The summed E-state index contributed by atoms with van der Waals surface area (Å²) < 4.78 is 5.26. The number of rotatable bonds is 7. The second-order valence-electron chi connectivity index (χ2n) is 7.08. The van der Waals surface area contributed by atoms with E-state index >= 15 is 0 Å². The third-order valence-corrected chi connectivity index (χ3v) is 4.32. The van der Waals surface area contributed by atoms with Crippen molar-refractivity contribution in [3.8, 4) is 0 Å². The van der Waals surface area contributed by atoms with E-state index < -0.39 is 11.0 Å². The number of carbonyl (C=O) groups excluding carboxylic acids is 1. The van der Waals surface area contributed by atoms with E-state index in [2.05, 4.69) is 19.0 Å². The van der Waals surface area contributed by atoms with Crippen LogP contribution in [-0.2, 0) is 16.6 Å². The first-order valence-electron chi connectivity index (χ1n) is 7.35. The smallest absolute Gasteiger partial charge is 0.160 e. The molecule has 0 bridgehead atoms. The molecular formula is C16H28N2O3. The average molecular weight is 296 g/mol. The fourth-order valence-corrected chi connectivity index (χ4v) is 2.01. The lowest BCUT2D eigenvalue weighted by molar-refractivity contribution is -0.129. The minimum Gasteiger partial charge on any atom is -0.395 e. The summed E-state index contributed by atoms with van der Waals surface area (Å²) in [5.41, 5.74) is -0.356. The number of aromatic nitrogens is 1. The lowest BCUT2D eigenvalue weighted by atomic mass is 9.89. The molecule has 0 fully saturated rings. The Hall–Kier alpha value is -1.20. The molecule has 0 amide bonds. The Morgan fingerprint density at radius 2 is 1.95 bits per heavy atom. The van der Waals surface area contributed by atoms with Crippen LogP contribution in [0.4, 0.5) is 0 Å². The minimum absolute atomic E-state index is 0.0193. The molecule has 5 nitrogen and oxygen atoms in total. The zero-order valence-electron chi connectivity index (χ0n) is 14.2. The summed E-state index contributed by atoms with van der Waals surface area (Å²) >= 11 is 0. The molecule has 0 aliphatic heterocycles. The van der Waals surface area contributed by atoms with Gasteiger partial charge in [0.15, 0.2) is 5.78 Å². The number of hydrogen-bond donors (Lipinski definition) is 1. The quantitative estimate of drug-likeness (QED) is 0.835. The third-order valence-electron chi connectivity index (χ3n) is 4.32. The Labute approximate surface area is 127 Å². The van der Waals surface area contributed by atoms with Crippen molar-refractivity contribution >= 4 is 5.78 Å². The SMILES string of the molecule is CC(C)N(C)C(C)(C)C(=O)Cc1cc(C(C)(C)CO)no1. The number of carbonyl (C=O) groups is 1. The number of ketones is 1. The van der Waals surface area contributed by atoms with Gasteiger partial charge in [0.1, 0.15) is 5.76 Å². The van der Waals surface area contributed by atoms with Crippen molar-refractivity contribution in [1.29, 1.82) is 0 Å². The number of aliphatic hydroxyl groups excluding tert-OH is 1. The molecule has 1 N–H and O–H groups in total. The number of hydrogen-bond acceptors (Lipinski definition) is 5. The molecule has 0 radical (unpaired) electrons. The normalized spacial score (nSPS) is 13.2. The Bertz CT molecular complexity index is 489. The average Bonchev–Trinajstić information content (AvgIpc) is 2.86. The lowest BCUT2D eigenvalue weighted by Gasteiger charge is -2.37. The van der Waals surface area contributed by atoms with Crippen LogP contribution in [0.15, 0.2) is 10.6 Å². The van der Waals surface area contributed by atoms with E-state index in [-0.39, 0.29) is 24.9 Å². The molecule has 0 saturated carbocycles. The molecule has 0 aliphatic carbocycles. The first-order valence-corrected chi connectivity index (χ1v) is 7.35. The molecule has 0 aromatic carbocycles. The lowest BCUT2D eigenvalue weighted by Crippen LogP contribution is -2.51. The molecule has 0 atom stereocenters. The van der Waals surface area contributed by atoms with E-state index in [4.69, 9.17) is 4.52 Å². The predicted molar refractivity (Wildman–Crippen MR) is 82.3 cm³/mol. The monoisotopic (exact) mass is 296 g/mol. The van der Waals surface area contributed by atoms with Crippen LogP contribution < -0.4 is 0 Å². The molecular weight excluding hydrogens is 268 g/mol. The maximum Gasteiger partial charge on any atom is 0.160 e. The molecule has 1 heterocycles. The van der Waals surface area contributed by atoms with Crippen LogP contribution in [0, 0.1) is 0 Å². The van der Waals surface area contributed by atoms with E-state index in [1.807, 2.05) is 39.6 Å². The summed E-state index contributed by atoms with van der Waals surface area (Å²) in [6.07, 6.45) is 0.207. The van der Waals surface area contributed by atoms with E-state index in [0.29, 0.717) is 11.5 Å². The van der Waals surface area contributed by atoms with Crippen molar-refractivity contribution in [3.63, 3.8) is 0 Å². The highest BCUT2D eigenvalue weighted by Gasteiger charge is 2.34. The van der Waals surface area contributed by atoms with Gasteiger partial charge in [0.25, 0.3) is 0 Å². The number of nitrogens with zero attached hydrogens (tertiary/aromatic N) is 2. The molecule has 1 aromatic rings. The second-order valence-corrected chi connectivity index (χ2v) is 7.08. The second kappa shape index (κ2) is 6.28. The van der Waals surface area contributed by atoms with Gasteiger partial charge >= 0.3 is 0 Å². The van der Waals surface area contributed by atoms with Gasteiger partial charge in [-0.25, -0.2) is 0 Å². The highest BCUT2D eigenvalue weighted by molar-refractivity contribution is 5.89. The fraction of sp³-hybridized carbons (Fsp3) is 0.750. The first-order chi connectivity index (χ1) is 9.52. The van der Waals surface area contributed by atoms with Crippen LogP contribution in [0.1, 0.15) is 53.0 Å². The van der Waals surface area contributed by atoms with Gasteiger partial charge in [-0.2, -0.15) is 0 Å². The maximum absolute atomic E-state index is 12.5. The van der Waals surface area contributed by atoms with Gasteiger partial charge in [-0.15, -0.1) is 0 Å². The standard InChI is InChI=1S/C16H28N2O3/c1-11(2)18(7)16(5,6)14(20)9-12-8-13(17-21-12)15(3,4)10-19/h8,11,19H,9-10H2,1-7H3. The Morgan fingerprint density at radius 3 is 2.43 bits per heavy atom. The van der Waals surface area contributed by atoms with Gasteiger partial charge in [-0.1, -0.05) is 19.0 Å². The molecule has 5 heteroatoms. The van der Waals surface area contributed by atoms with Crippen LogP contribution in [0.25, 0.3) is 0 Å². The van der Waals surface area contributed by atoms with Gasteiger partial charge in [0, 0.05) is 17.5 Å². The molecule has 1 aromatic heterocycles. The van der Waals surface area contributed by atoms with Gasteiger partial charge in [-0.05, 0) is 34.7 Å². The van der Waals surface area contributed by atoms with Crippen LogP contribution in [0.2, 0.25) is 0 Å². The van der Waals surface area contributed by atoms with Crippen molar-refractivity contribution in [2.75, 3.05) is 13.7 Å². The molecule has 1 rings (SSSR count). The Balaban J connectivity index is 2.85. The third kappa shape index (κ3) is 3.92. The van der Waals surface area contributed by atoms with Gasteiger partial charge in [-0.3, -0.25) is 9.69 Å². The van der Waals surface area contributed by atoms with Crippen molar-refractivity contribution in [2.24, 2.45) is 0 Å². The zero-order chi connectivity index (χ0) is 16.4. The zero-order valence-corrected chi connectivity index (χ0v) is 14.2. The molecule has 0 aliphatic rings. The molecule has 0 spiro atoms. The molecule has 120 valence electrons. The van der Waals surface area contributed by atoms with Gasteiger partial charge in [0.2, 0.25) is 0 Å². The van der Waals surface area contributed by atoms with Gasteiger partial charge < -0.3 is 9.63 Å². The predicted octanol–water partition coefficient (Wildman–Crippen LogP) is 2.17. The summed E-state index contributed by atoms with van der Waals surface area (Å²) in [4.78, 5) is 14.6. The van der Waals surface area contributed by atoms with Crippen LogP contribution >= 0.6 is 0 Å². The van der Waals surface area contributed by atoms with E-state index in [1.165, 1.54) is 0 Å². The number of aliphatic hydroxyl groups is 1. The Morgan fingerprint density at radius 1 is 1.38 bits per heavy atom. The van der Waals surface area contributed by atoms with Gasteiger partial charge in [0.05, 0.1) is 24.3 Å². The number of likely N-dealkylation sites (N-methyl/N-ethyl adjacent to an activating group) is 1. The summed E-state index contributed by atoms with van der Waals surface area (Å²) in [7, 11) is 1.95. The molecule has 21 heavy (non-hydrogen) atoms. The van der Waals surface area contributed by atoms with Crippen molar-refractivity contribution < 1.29 is 14.4 Å². The fourth-order valence-electron chi connectivity index (χ4n) is 2.01. The maximum atomic E-state index is 12.5. The summed E-state index contributed by atoms with van der Waals surface area (Å²) in [5, 5.41) is 13.3. The Kier molecular flexibility index (Phi) is 5.34. The van der Waals surface area contributed by atoms with E-state index in [1.54, 1.807) is 6.07 Å². The molecule has 0 saturated heterocycles. The van der Waals surface area contributed by atoms with Crippen molar-refractivity contribution in [3.05, 3.63) is 17.5 Å². The largest absolute Gasteiger partial charge is 0.395 e. The highest BCUT2D eigenvalue weighted by atomic mass is 16.5. The van der Waals surface area contributed by atoms with E-state index in [9.17, 15) is 9.90 Å². The van der Waals surface area contributed by atoms with Crippen LogP contribution in [0.5, 0.6) is 0 Å². The van der Waals surface area contributed by atoms with Crippen molar-refractivity contribution in [1.82, 2.24) is 10.1 Å². The minimum atomic E-state index is -0.562. The molecule has 0 unspecified atom stereocenters. The van der Waals surface area contributed by atoms with E-state index in [0.717, 1.165) is 0 Å². The summed E-state index contributed by atoms with van der Waals surface area (Å²) in [6.45, 7) is 11.7. The topological polar surface area (TPSA) is 66.6 Å². The number of Topliss-reactive ketones (excluding diaryl/α,β-unsaturated/α-hetero) is 1. The first kappa shape index (κ1) is 17.9. The van der Waals surface area contributed by atoms with Crippen LogP contribution in [0.3, 0.4) is 0 Å². The summed E-state index contributed by atoms with van der Waals surface area (Å²) in [6, 6.07) is 2.04.